The van der Waals surface area contributed by atoms with E-state index in [1.165, 1.54) is 26.3 Å². The second kappa shape index (κ2) is 24.8. The van der Waals surface area contributed by atoms with Crippen molar-refractivity contribution < 1.29 is 67.4 Å². The van der Waals surface area contributed by atoms with Crippen LogP contribution in [0.3, 0.4) is 0 Å². The molecule has 0 spiro atoms. The highest BCUT2D eigenvalue weighted by Crippen LogP contribution is 2.39. The summed E-state index contributed by atoms with van der Waals surface area (Å²) < 4.78 is 41.7. The molecule has 3 aromatic carbocycles. The van der Waals surface area contributed by atoms with Crippen molar-refractivity contribution in [2.75, 3.05) is 14.2 Å². The van der Waals surface area contributed by atoms with Gasteiger partial charge in [-0.1, -0.05) is 53.7 Å². The molecule has 0 aromatic heterocycles. The average Bonchev–Trinajstić information content (AvgIpc) is 3.20. The molecule has 0 fully saturated rings. The Hall–Kier alpha value is -6.70. The number of carbonyl (C=O) groups is 5. The number of carbonyl (C=O) groups excluding carboxylic acids is 4. The number of aromatic hydroxyl groups is 1. The predicted octanol–water partition coefficient (Wildman–Crippen LogP) is 10.9. The highest BCUT2D eigenvalue weighted by atomic mass is 19.1. The number of phenols is 1. The number of allylic oxidation sites excluding steroid dienone is 4. The zero-order chi connectivity index (χ0) is 49.5. The molecule has 348 valence electrons. The minimum Gasteiger partial charge on any atom is -0.508 e. The highest BCUT2D eigenvalue weighted by molar-refractivity contribution is 6.09. The molecule has 1 unspecified atom stereocenters. The first-order valence-corrected chi connectivity index (χ1v) is 20.4. The number of hydrogen-bond donors (Lipinski definition) is 3. The molecular formula is C50H63FO13. The maximum absolute atomic E-state index is 15.6. The third-order valence-electron chi connectivity index (χ3n) is 9.72. The van der Waals surface area contributed by atoms with Gasteiger partial charge in [0.2, 0.25) is 5.82 Å². The third kappa shape index (κ3) is 13.4. The number of rotatable bonds is 10. The van der Waals surface area contributed by atoms with E-state index >= 15 is 4.39 Å². The summed E-state index contributed by atoms with van der Waals surface area (Å²) in [6.07, 6.45) is 8.01. The number of aryl methyl sites for hydroxylation is 1. The van der Waals surface area contributed by atoms with Gasteiger partial charge in [-0.2, -0.15) is 4.39 Å². The Morgan fingerprint density at radius 1 is 0.734 bits per heavy atom. The lowest BCUT2D eigenvalue weighted by molar-refractivity contribution is -0.142. The van der Waals surface area contributed by atoms with E-state index in [0.717, 1.165) is 25.2 Å². The van der Waals surface area contributed by atoms with Gasteiger partial charge in [-0.25, -0.2) is 14.4 Å². The van der Waals surface area contributed by atoms with Gasteiger partial charge in [0.1, 0.15) is 28.6 Å². The van der Waals surface area contributed by atoms with Gasteiger partial charge in [0.05, 0.1) is 31.6 Å². The number of esters is 3. The van der Waals surface area contributed by atoms with E-state index in [4.69, 9.17) is 18.9 Å². The first-order chi connectivity index (χ1) is 29.8. The van der Waals surface area contributed by atoms with E-state index in [2.05, 4.69) is 45.9 Å². The minimum absolute atomic E-state index is 0.00764. The van der Waals surface area contributed by atoms with Crippen molar-refractivity contribution in [3.05, 3.63) is 127 Å². The standard InChI is InChI=1S/C38H37FO12.C5H8O.C4H10.C3H8/c1-14-11-25(15(2)16(3)27(14)36(45)50-33-20(7)17(4)28(35(43)44)18(5)21(33)8)49-37(46)29-19(6)22(9)34(31(39)32(29)42)51-38(47)30-24(41)12-23(40)13-26(30)48-10;1-3-4-5-6-2;1-4(2)3;1-3-2/h11-13,30,40,42H,1-10H3,(H,43,44);3-5H,1H2,2H3;4H,1-3H3;3H2,1-2H3/b;5-4+;;. The maximum Gasteiger partial charge on any atom is 0.347 e. The van der Waals surface area contributed by atoms with E-state index in [0.29, 0.717) is 38.9 Å². The van der Waals surface area contributed by atoms with Crippen LogP contribution in [0.15, 0.2) is 54.7 Å². The summed E-state index contributed by atoms with van der Waals surface area (Å²) in [7, 11) is 2.76. The number of aliphatic hydroxyl groups excluding tert-OH is 1. The Balaban J connectivity index is 0.00000138. The monoisotopic (exact) mass is 890 g/mol. The molecule has 64 heavy (non-hydrogen) atoms. The topological polar surface area (TPSA) is 192 Å². The molecule has 3 aromatic rings. The quantitative estimate of drug-likeness (QED) is 0.0573. The molecule has 4 rings (SSSR count). The van der Waals surface area contributed by atoms with Crippen LogP contribution in [0.25, 0.3) is 0 Å². The lowest BCUT2D eigenvalue weighted by atomic mass is 9.93. The minimum atomic E-state index is -1.65. The van der Waals surface area contributed by atoms with E-state index < -0.39 is 64.2 Å². The Bertz CT molecular complexity index is 2300. The number of halogens is 1. The van der Waals surface area contributed by atoms with E-state index in [9.17, 15) is 39.3 Å². The lowest BCUT2D eigenvalue weighted by Crippen LogP contribution is -2.32. The number of methoxy groups -OCH3 is 2. The Labute approximate surface area is 375 Å². The van der Waals surface area contributed by atoms with Gasteiger partial charge in [0.25, 0.3) is 0 Å². The summed E-state index contributed by atoms with van der Waals surface area (Å²) >= 11 is 0. The van der Waals surface area contributed by atoms with Crippen LogP contribution in [0.5, 0.6) is 23.0 Å². The van der Waals surface area contributed by atoms with Gasteiger partial charge in [0.15, 0.2) is 23.2 Å². The summed E-state index contributed by atoms with van der Waals surface area (Å²) in [6, 6.07) is 1.42. The first-order valence-electron chi connectivity index (χ1n) is 20.4. The number of aromatic carboxylic acids is 1. The molecule has 1 aliphatic carbocycles. The van der Waals surface area contributed by atoms with Crippen molar-refractivity contribution in [1.29, 1.82) is 0 Å². The molecule has 0 aliphatic heterocycles. The van der Waals surface area contributed by atoms with E-state index in [1.54, 1.807) is 74.0 Å². The highest BCUT2D eigenvalue weighted by Gasteiger charge is 2.37. The molecule has 0 saturated carbocycles. The van der Waals surface area contributed by atoms with Gasteiger partial charge in [-0.3, -0.25) is 9.59 Å². The molecule has 1 atom stereocenters. The van der Waals surface area contributed by atoms with Crippen molar-refractivity contribution in [3.8, 4) is 23.0 Å². The van der Waals surface area contributed by atoms with Crippen LogP contribution in [0, 0.1) is 80.0 Å². The molecule has 13 nitrogen and oxygen atoms in total. The molecular weight excluding hydrogens is 828 g/mol. The lowest BCUT2D eigenvalue weighted by Gasteiger charge is -2.21. The Morgan fingerprint density at radius 2 is 1.20 bits per heavy atom. The number of ketones is 1. The van der Waals surface area contributed by atoms with Crippen molar-refractivity contribution in [1.82, 2.24) is 0 Å². The second-order valence-electron chi connectivity index (χ2n) is 15.5. The van der Waals surface area contributed by atoms with Crippen LogP contribution in [-0.4, -0.2) is 59.2 Å². The molecule has 0 bridgehead atoms. The van der Waals surface area contributed by atoms with E-state index in [-0.39, 0.29) is 39.5 Å². The van der Waals surface area contributed by atoms with Gasteiger partial charge < -0.3 is 39.0 Å². The van der Waals surface area contributed by atoms with Crippen molar-refractivity contribution in [2.45, 2.75) is 103 Å². The van der Waals surface area contributed by atoms with Crippen LogP contribution in [0.4, 0.5) is 4.39 Å². The predicted molar refractivity (Wildman–Crippen MR) is 243 cm³/mol. The average molecular weight is 891 g/mol. The van der Waals surface area contributed by atoms with Crippen LogP contribution >= 0.6 is 0 Å². The summed E-state index contributed by atoms with van der Waals surface area (Å²) in [5, 5.41) is 30.1. The molecule has 3 N–H and O–H groups in total. The smallest absolute Gasteiger partial charge is 0.347 e. The summed E-state index contributed by atoms with van der Waals surface area (Å²) in [6.45, 7) is 28.3. The largest absolute Gasteiger partial charge is 0.508 e. The number of phenolic OH excluding ortho intramolecular Hbond substituents is 1. The van der Waals surface area contributed by atoms with Crippen LogP contribution < -0.4 is 14.2 Å². The van der Waals surface area contributed by atoms with Crippen molar-refractivity contribution in [2.24, 2.45) is 11.8 Å². The Morgan fingerprint density at radius 3 is 1.66 bits per heavy atom. The molecule has 0 heterocycles. The fourth-order valence-electron chi connectivity index (χ4n) is 6.14. The molecule has 1 aliphatic rings. The van der Waals surface area contributed by atoms with Gasteiger partial charge in [-0.05, 0) is 130 Å². The molecule has 14 heteroatoms. The summed E-state index contributed by atoms with van der Waals surface area (Å²) in [5.41, 5.74) is 2.79. The number of carboxylic acids is 1. The summed E-state index contributed by atoms with van der Waals surface area (Å²) in [5.74, 6) is -9.69. The van der Waals surface area contributed by atoms with Gasteiger partial charge in [-0.15, -0.1) is 0 Å². The van der Waals surface area contributed by atoms with E-state index in [1.807, 2.05) is 0 Å². The summed E-state index contributed by atoms with van der Waals surface area (Å²) in [4.78, 5) is 64.2. The van der Waals surface area contributed by atoms with Crippen LogP contribution in [-0.2, 0) is 19.1 Å². The third-order valence-corrected chi connectivity index (χ3v) is 9.72. The Kier molecular flexibility index (Phi) is 21.4. The van der Waals surface area contributed by atoms with Crippen molar-refractivity contribution >= 4 is 29.7 Å². The van der Waals surface area contributed by atoms with Crippen LogP contribution in [0.2, 0.25) is 0 Å². The first kappa shape index (κ1) is 55.3. The zero-order valence-corrected chi connectivity index (χ0v) is 39.8. The fourth-order valence-corrected chi connectivity index (χ4v) is 6.14. The zero-order valence-electron chi connectivity index (χ0n) is 39.8. The molecule has 0 amide bonds. The second-order valence-corrected chi connectivity index (χ2v) is 15.5. The number of ether oxygens (including phenoxy) is 5. The van der Waals surface area contributed by atoms with Gasteiger partial charge >= 0.3 is 23.9 Å². The number of benzene rings is 3. The fraction of sp³-hybridized carbons (Fsp3) is 0.380. The maximum atomic E-state index is 15.6. The number of carboxylic acid groups (broad SMARTS) is 1. The molecule has 0 radical (unpaired) electrons. The normalized spacial score (nSPS) is 12.8. The van der Waals surface area contributed by atoms with Crippen molar-refractivity contribution in [3.63, 3.8) is 0 Å². The van der Waals surface area contributed by atoms with Gasteiger partial charge in [0, 0.05) is 12.2 Å². The number of hydrogen-bond acceptors (Lipinski definition) is 12. The SMILES string of the molecule is C=C/C=C/OC.CC(C)C.CCC.COC1=CC(O)=CC(=O)C1C(=O)Oc1c(C)c(C)c(C(=O)Oc2cc(C)c(C(=O)Oc3c(C)c(C)c(C(=O)O)c(C)c3C)c(C)c2C)c(O)c1F. The number of aliphatic hydroxyl groups is 1. The van der Waals surface area contributed by atoms with Crippen LogP contribution in [0.1, 0.15) is 122 Å². The molecule has 0 saturated heterocycles.